The van der Waals surface area contributed by atoms with Crippen LogP contribution in [0.15, 0.2) is 48.8 Å². The Kier molecular flexibility index (Phi) is 6.12. The van der Waals surface area contributed by atoms with Crippen LogP contribution in [-0.4, -0.2) is 41.6 Å². The van der Waals surface area contributed by atoms with Gasteiger partial charge in [0.15, 0.2) is 0 Å². The van der Waals surface area contributed by atoms with E-state index in [0.717, 1.165) is 29.1 Å². The number of nitrogens with zero attached hydrogens (tertiary/aromatic N) is 6. The lowest BCUT2D eigenvalue weighted by Crippen LogP contribution is -2.33. The van der Waals surface area contributed by atoms with E-state index in [9.17, 15) is 9.18 Å². The Morgan fingerprint density at radius 3 is 2.69 bits per heavy atom. The summed E-state index contributed by atoms with van der Waals surface area (Å²) in [4.78, 5) is 28.4. The number of benzene rings is 1. The molecule has 39 heavy (non-hydrogen) atoms. The fourth-order valence-electron chi connectivity index (χ4n) is 4.58. The van der Waals surface area contributed by atoms with Crippen molar-refractivity contribution in [3.63, 3.8) is 0 Å². The van der Waals surface area contributed by atoms with Crippen LogP contribution >= 0.6 is 11.6 Å². The smallest absolute Gasteiger partial charge is 0.255 e. The number of rotatable bonds is 4. The molecular weight excluding hydrogens is 517 g/mol. The molecule has 1 amide bonds. The van der Waals surface area contributed by atoms with Crippen LogP contribution in [0.4, 0.5) is 10.2 Å². The van der Waals surface area contributed by atoms with Crippen LogP contribution in [0.5, 0.6) is 0 Å². The van der Waals surface area contributed by atoms with Crippen LogP contribution in [0.1, 0.15) is 45.7 Å². The molecule has 4 aromatic heterocycles. The molecule has 1 aromatic carbocycles. The molecule has 194 valence electrons. The molecule has 0 unspecified atom stereocenters. The van der Waals surface area contributed by atoms with E-state index in [1.807, 2.05) is 19.2 Å². The van der Waals surface area contributed by atoms with Crippen LogP contribution in [0, 0.1) is 24.7 Å². The summed E-state index contributed by atoms with van der Waals surface area (Å²) in [6.45, 7) is 2.04. The maximum Gasteiger partial charge on any atom is 0.255 e. The summed E-state index contributed by atoms with van der Waals surface area (Å²) in [5.74, 6) is 5.31. The highest BCUT2D eigenvalue weighted by Crippen LogP contribution is 2.34. The minimum Gasteiger partial charge on any atom is -0.383 e. The summed E-state index contributed by atoms with van der Waals surface area (Å²) in [6, 6.07) is 10.5. The molecule has 10 heteroatoms. The summed E-state index contributed by atoms with van der Waals surface area (Å²) in [5, 5.41) is 6.09. The molecule has 0 saturated heterocycles. The average Bonchev–Trinajstić information content (AvgIpc) is 3.68. The molecular formula is C29H23ClFN7O. The van der Waals surface area contributed by atoms with Crippen molar-refractivity contribution in [3.8, 4) is 11.8 Å². The van der Waals surface area contributed by atoms with Gasteiger partial charge in [-0.3, -0.25) is 14.5 Å². The second-order valence-corrected chi connectivity index (χ2v) is 10.0. The Morgan fingerprint density at radius 2 is 1.97 bits per heavy atom. The molecule has 0 aliphatic heterocycles. The third kappa shape index (κ3) is 4.75. The van der Waals surface area contributed by atoms with E-state index >= 15 is 0 Å². The van der Waals surface area contributed by atoms with Gasteiger partial charge in [-0.25, -0.2) is 9.97 Å². The highest BCUT2D eigenvalue weighted by molar-refractivity contribution is 6.35. The Bertz CT molecular complexity index is 1830. The Balaban J connectivity index is 1.28. The summed E-state index contributed by atoms with van der Waals surface area (Å²) in [6.07, 6.45) is 5.12. The lowest BCUT2D eigenvalue weighted by atomic mass is 10.1. The molecule has 0 atom stereocenters. The molecule has 0 bridgehead atoms. The number of hydrogen-bond acceptors (Lipinski definition) is 6. The monoisotopic (exact) mass is 539 g/mol. The standard InChI is InChI=1S/C29H23ClFN7O/c1-16-3-6-18(27(31)35-16)7-4-17-5-8-19(33-13-17)15-38(20-9-10-20)29(39)21-11-22-25(12-24(21)30)36-28(32)23-14-34-37(2)26(22)23/h3,5-6,8,11-14,20H,9-10,15H2,1-2H3,(H2,32,36). The molecule has 4 heterocycles. The van der Waals surface area contributed by atoms with Crippen molar-refractivity contribution >= 4 is 45.1 Å². The van der Waals surface area contributed by atoms with Gasteiger partial charge >= 0.3 is 0 Å². The van der Waals surface area contributed by atoms with Gasteiger partial charge in [0.1, 0.15) is 5.82 Å². The fourth-order valence-corrected chi connectivity index (χ4v) is 4.81. The zero-order valence-corrected chi connectivity index (χ0v) is 22.0. The summed E-state index contributed by atoms with van der Waals surface area (Å²) < 4.78 is 15.7. The quantitative estimate of drug-likeness (QED) is 0.260. The first-order chi connectivity index (χ1) is 18.8. The molecule has 1 fully saturated rings. The van der Waals surface area contributed by atoms with Crippen molar-refractivity contribution in [1.82, 2.24) is 29.6 Å². The molecule has 1 saturated carbocycles. The van der Waals surface area contributed by atoms with Crippen LogP contribution < -0.4 is 5.73 Å². The van der Waals surface area contributed by atoms with Crippen LogP contribution in [0.25, 0.3) is 21.8 Å². The predicted octanol–water partition coefficient (Wildman–Crippen LogP) is 4.80. The minimum atomic E-state index is -0.596. The molecule has 6 rings (SSSR count). The average molecular weight is 540 g/mol. The SMILES string of the molecule is Cc1ccc(C#Cc2ccc(CN(C(=O)c3cc4c(cc3Cl)nc(N)c3cnn(C)c34)C3CC3)nc2)c(F)n1. The molecule has 0 spiro atoms. The minimum absolute atomic E-state index is 0.115. The van der Waals surface area contributed by atoms with Gasteiger partial charge in [0, 0.05) is 35.9 Å². The fraction of sp³-hybridized carbons (Fsp3) is 0.207. The van der Waals surface area contributed by atoms with E-state index in [-0.39, 0.29) is 17.5 Å². The summed E-state index contributed by atoms with van der Waals surface area (Å²) in [7, 11) is 1.82. The number of aromatic nitrogens is 5. The zero-order chi connectivity index (χ0) is 27.3. The highest BCUT2D eigenvalue weighted by Gasteiger charge is 2.34. The van der Waals surface area contributed by atoms with Gasteiger partial charge in [-0.2, -0.15) is 9.49 Å². The van der Waals surface area contributed by atoms with Crippen molar-refractivity contribution in [2.24, 2.45) is 7.05 Å². The highest BCUT2D eigenvalue weighted by atomic mass is 35.5. The number of carbonyl (C=O) groups is 1. The van der Waals surface area contributed by atoms with E-state index in [4.69, 9.17) is 17.3 Å². The summed E-state index contributed by atoms with van der Waals surface area (Å²) >= 11 is 6.60. The van der Waals surface area contributed by atoms with Crippen molar-refractivity contribution in [2.45, 2.75) is 32.4 Å². The van der Waals surface area contributed by atoms with Gasteiger partial charge in [0.25, 0.3) is 5.91 Å². The first-order valence-corrected chi connectivity index (χ1v) is 12.8. The van der Waals surface area contributed by atoms with Crippen molar-refractivity contribution in [3.05, 3.63) is 87.8 Å². The van der Waals surface area contributed by atoms with Crippen LogP contribution in [0.2, 0.25) is 5.02 Å². The Labute approximate surface area is 228 Å². The van der Waals surface area contributed by atoms with Crippen LogP contribution in [-0.2, 0) is 13.6 Å². The topological polar surface area (TPSA) is 103 Å². The summed E-state index contributed by atoms with van der Waals surface area (Å²) in [5.41, 5.74) is 10.1. The van der Waals surface area contributed by atoms with Gasteiger partial charge in [-0.1, -0.05) is 23.4 Å². The third-order valence-corrected chi connectivity index (χ3v) is 7.07. The largest absolute Gasteiger partial charge is 0.383 e. The van der Waals surface area contributed by atoms with Gasteiger partial charge in [0.05, 0.1) is 51.0 Å². The molecule has 0 radical (unpaired) electrons. The number of nitrogens with two attached hydrogens (primary N) is 1. The molecule has 2 N–H and O–H groups in total. The van der Waals surface area contributed by atoms with Crippen molar-refractivity contribution in [2.75, 3.05) is 5.73 Å². The van der Waals surface area contributed by atoms with E-state index in [1.54, 1.807) is 53.2 Å². The van der Waals surface area contributed by atoms with Crippen molar-refractivity contribution < 1.29 is 9.18 Å². The lowest BCUT2D eigenvalue weighted by Gasteiger charge is -2.23. The first-order valence-electron chi connectivity index (χ1n) is 12.4. The van der Waals surface area contributed by atoms with Gasteiger partial charge in [-0.05, 0) is 56.2 Å². The number of nitrogen functional groups attached to an aromatic ring is 1. The van der Waals surface area contributed by atoms with Gasteiger partial charge in [0.2, 0.25) is 5.95 Å². The number of amides is 1. The Hall–Kier alpha value is -4.55. The second-order valence-electron chi connectivity index (χ2n) is 9.62. The number of halogens is 2. The van der Waals surface area contributed by atoms with Gasteiger partial charge < -0.3 is 10.6 Å². The Morgan fingerprint density at radius 1 is 1.15 bits per heavy atom. The molecule has 8 nitrogen and oxygen atoms in total. The normalized spacial score (nSPS) is 12.9. The number of hydrogen-bond donors (Lipinski definition) is 1. The third-order valence-electron chi connectivity index (χ3n) is 6.76. The molecule has 1 aliphatic rings. The first kappa shape index (κ1) is 24.8. The maximum absolute atomic E-state index is 14.0. The lowest BCUT2D eigenvalue weighted by molar-refractivity contribution is 0.0728. The number of aryl methyl sites for hydroxylation is 2. The zero-order valence-electron chi connectivity index (χ0n) is 21.2. The number of pyridine rings is 3. The van der Waals surface area contributed by atoms with E-state index in [0.29, 0.717) is 45.4 Å². The number of anilines is 1. The number of carbonyl (C=O) groups excluding carboxylic acids is 1. The van der Waals surface area contributed by atoms with Crippen LogP contribution in [0.3, 0.4) is 0 Å². The second kappa shape index (κ2) is 9.64. The van der Waals surface area contributed by atoms with E-state index in [1.165, 1.54) is 0 Å². The predicted molar refractivity (Wildman–Crippen MR) is 147 cm³/mol. The van der Waals surface area contributed by atoms with E-state index in [2.05, 4.69) is 31.9 Å². The maximum atomic E-state index is 14.0. The van der Waals surface area contributed by atoms with Gasteiger partial charge in [-0.15, -0.1) is 0 Å². The molecule has 5 aromatic rings. The van der Waals surface area contributed by atoms with Crippen molar-refractivity contribution in [1.29, 1.82) is 0 Å². The number of fused-ring (bicyclic) bond motifs is 3. The molecule has 1 aliphatic carbocycles. The van der Waals surface area contributed by atoms with E-state index < -0.39 is 5.95 Å².